The zero-order chi connectivity index (χ0) is 13.6. The van der Waals surface area contributed by atoms with Crippen LogP contribution in [0.5, 0.6) is 5.75 Å². The molecule has 0 unspecified atom stereocenters. The Morgan fingerprint density at radius 1 is 1.28 bits per heavy atom. The van der Waals surface area contributed by atoms with Crippen molar-refractivity contribution in [3.05, 3.63) is 29.8 Å². The van der Waals surface area contributed by atoms with Crippen LogP contribution in [0.25, 0.3) is 0 Å². The van der Waals surface area contributed by atoms with Gasteiger partial charge in [0.05, 0.1) is 0 Å². The highest BCUT2D eigenvalue weighted by atomic mass is 16.6. The van der Waals surface area contributed by atoms with Crippen LogP contribution in [-0.2, 0) is 5.41 Å². The highest BCUT2D eigenvalue weighted by Crippen LogP contribution is 2.25. The molecular formula is C14H22N2O2. The first-order valence-electron chi connectivity index (χ1n) is 6.14. The van der Waals surface area contributed by atoms with E-state index in [4.69, 9.17) is 4.74 Å². The number of carbonyl (C=O) groups is 1. The highest BCUT2D eigenvalue weighted by Gasteiger charge is 2.14. The Morgan fingerprint density at radius 3 is 2.61 bits per heavy atom. The number of carbonyl (C=O) groups excluding carboxylic acids is 1. The number of ether oxygens (including phenoxy) is 1. The number of nitrogens with one attached hydrogen (secondary N) is 2. The summed E-state index contributed by atoms with van der Waals surface area (Å²) in [6.45, 7) is 7.64. The smallest absolute Gasteiger partial charge is 0.410 e. The van der Waals surface area contributed by atoms with Crippen molar-refractivity contribution in [3.8, 4) is 5.75 Å². The molecule has 1 aromatic rings. The van der Waals surface area contributed by atoms with Gasteiger partial charge < -0.3 is 15.4 Å². The molecule has 4 nitrogen and oxygen atoms in total. The number of rotatable bonds is 4. The first kappa shape index (κ1) is 14.5. The molecule has 0 spiro atoms. The van der Waals surface area contributed by atoms with E-state index in [-0.39, 0.29) is 5.41 Å². The quantitative estimate of drug-likeness (QED) is 0.806. The molecule has 0 aromatic heterocycles. The summed E-state index contributed by atoms with van der Waals surface area (Å²) in [5.74, 6) is 0.574. The van der Waals surface area contributed by atoms with Gasteiger partial charge in [-0.1, -0.05) is 32.9 Å². The molecule has 0 radical (unpaired) electrons. The lowest BCUT2D eigenvalue weighted by Crippen LogP contribution is -2.32. The summed E-state index contributed by atoms with van der Waals surface area (Å²) >= 11 is 0. The number of likely N-dealkylation sites (N-methyl/N-ethyl adjacent to an activating group) is 1. The van der Waals surface area contributed by atoms with E-state index in [1.54, 1.807) is 6.07 Å². The summed E-state index contributed by atoms with van der Waals surface area (Å²) in [6.07, 6.45) is -0.420. The molecule has 0 aliphatic rings. The summed E-state index contributed by atoms with van der Waals surface area (Å²) in [7, 11) is 1.83. The average Bonchev–Trinajstić information content (AvgIpc) is 2.28. The first-order valence-corrected chi connectivity index (χ1v) is 6.14. The third kappa shape index (κ3) is 4.75. The van der Waals surface area contributed by atoms with Gasteiger partial charge in [-0.3, -0.25) is 0 Å². The second kappa shape index (κ2) is 6.40. The molecule has 0 saturated heterocycles. The third-order valence-corrected chi connectivity index (χ3v) is 2.55. The number of hydrogen-bond acceptors (Lipinski definition) is 3. The van der Waals surface area contributed by atoms with Crippen molar-refractivity contribution >= 4 is 6.09 Å². The summed E-state index contributed by atoms with van der Waals surface area (Å²) in [4.78, 5) is 11.5. The Kier molecular flexibility index (Phi) is 5.16. The summed E-state index contributed by atoms with van der Waals surface area (Å²) < 4.78 is 5.22. The van der Waals surface area contributed by atoms with Crippen LogP contribution in [0, 0.1) is 0 Å². The largest absolute Gasteiger partial charge is 0.412 e. The number of benzene rings is 1. The molecule has 0 saturated carbocycles. The van der Waals surface area contributed by atoms with Crippen LogP contribution in [0.3, 0.4) is 0 Å². The molecule has 1 amide bonds. The molecule has 18 heavy (non-hydrogen) atoms. The van der Waals surface area contributed by atoms with Crippen LogP contribution in [0.15, 0.2) is 24.3 Å². The van der Waals surface area contributed by atoms with E-state index in [1.807, 2.05) is 25.2 Å². The maximum Gasteiger partial charge on any atom is 0.412 e. The van der Waals surface area contributed by atoms with E-state index in [2.05, 4.69) is 31.4 Å². The Labute approximate surface area is 109 Å². The molecule has 1 aromatic carbocycles. The minimum absolute atomic E-state index is 0.0436. The molecular weight excluding hydrogens is 228 g/mol. The molecule has 0 fully saturated rings. The first-order chi connectivity index (χ1) is 8.43. The minimum atomic E-state index is -0.420. The average molecular weight is 250 g/mol. The lowest BCUT2D eigenvalue weighted by Gasteiger charge is -2.19. The second-order valence-electron chi connectivity index (χ2n) is 5.20. The Hall–Kier alpha value is -1.55. The van der Waals surface area contributed by atoms with Crippen LogP contribution in [0.1, 0.15) is 26.3 Å². The van der Waals surface area contributed by atoms with Gasteiger partial charge in [-0.2, -0.15) is 0 Å². The van der Waals surface area contributed by atoms with Crippen LogP contribution < -0.4 is 15.4 Å². The number of amides is 1. The van der Waals surface area contributed by atoms with Gasteiger partial charge in [0.1, 0.15) is 5.75 Å². The van der Waals surface area contributed by atoms with E-state index in [1.165, 1.54) is 0 Å². The van der Waals surface area contributed by atoms with Crippen molar-refractivity contribution in [1.82, 2.24) is 10.6 Å². The topological polar surface area (TPSA) is 50.4 Å². The van der Waals surface area contributed by atoms with Crippen LogP contribution in [-0.4, -0.2) is 26.2 Å². The summed E-state index contributed by atoms with van der Waals surface area (Å²) in [5.41, 5.74) is 1.19. The van der Waals surface area contributed by atoms with Gasteiger partial charge in [-0.25, -0.2) is 4.79 Å². The SMILES string of the molecule is CNCCNC(=O)Oc1cccc(C(C)(C)C)c1. The Morgan fingerprint density at radius 2 is 2.00 bits per heavy atom. The van der Waals surface area contributed by atoms with E-state index in [9.17, 15) is 4.79 Å². The van der Waals surface area contributed by atoms with Gasteiger partial charge in [-0.05, 0) is 30.2 Å². The van der Waals surface area contributed by atoms with Crippen LogP contribution in [0.2, 0.25) is 0 Å². The van der Waals surface area contributed by atoms with E-state index >= 15 is 0 Å². The van der Waals surface area contributed by atoms with Crippen molar-refractivity contribution in [2.75, 3.05) is 20.1 Å². The maximum atomic E-state index is 11.5. The van der Waals surface area contributed by atoms with Gasteiger partial charge in [0.15, 0.2) is 0 Å². The zero-order valence-corrected chi connectivity index (χ0v) is 11.5. The molecule has 100 valence electrons. The minimum Gasteiger partial charge on any atom is -0.410 e. The fraction of sp³-hybridized carbons (Fsp3) is 0.500. The fourth-order valence-electron chi connectivity index (χ4n) is 1.46. The van der Waals surface area contributed by atoms with Gasteiger partial charge >= 0.3 is 6.09 Å². The van der Waals surface area contributed by atoms with Crippen LogP contribution >= 0.6 is 0 Å². The fourth-order valence-corrected chi connectivity index (χ4v) is 1.46. The standard InChI is InChI=1S/C14H22N2O2/c1-14(2,3)11-6-5-7-12(10-11)18-13(17)16-9-8-15-4/h5-7,10,15H,8-9H2,1-4H3,(H,16,17). The van der Waals surface area contributed by atoms with E-state index in [0.717, 1.165) is 12.1 Å². The Balaban J connectivity index is 2.60. The molecule has 0 atom stereocenters. The predicted molar refractivity (Wildman–Crippen MR) is 73.1 cm³/mol. The number of hydrogen-bond donors (Lipinski definition) is 2. The van der Waals surface area contributed by atoms with Crippen molar-refractivity contribution in [2.24, 2.45) is 0 Å². The van der Waals surface area contributed by atoms with Crippen molar-refractivity contribution in [3.63, 3.8) is 0 Å². The van der Waals surface area contributed by atoms with Crippen molar-refractivity contribution in [2.45, 2.75) is 26.2 Å². The molecule has 0 aliphatic carbocycles. The summed E-state index contributed by atoms with van der Waals surface area (Å²) in [6, 6.07) is 7.62. The molecule has 0 aliphatic heterocycles. The van der Waals surface area contributed by atoms with Gasteiger partial charge in [0, 0.05) is 13.1 Å². The highest BCUT2D eigenvalue weighted by molar-refractivity contribution is 5.70. The van der Waals surface area contributed by atoms with Gasteiger partial charge in [0.2, 0.25) is 0 Å². The summed E-state index contributed by atoms with van der Waals surface area (Å²) in [5, 5.41) is 5.61. The monoisotopic (exact) mass is 250 g/mol. The Bertz CT molecular complexity index is 397. The lowest BCUT2D eigenvalue weighted by molar-refractivity contribution is 0.200. The van der Waals surface area contributed by atoms with Crippen molar-refractivity contribution in [1.29, 1.82) is 0 Å². The third-order valence-electron chi connectivity index (χ3n) is 2.55. The maximum absolute atomic E-state index is 11.5. The predicted octanol–water partition coefficient (Wildman–Crippen LogP) is 2.29. The van der Waals surface area contributed by atoms with Crippen molar-refractivity contribution < 1.29 is 9.53 Å². The van der Waals surface area contributed by atoms with Gasteiger partial charge in [-0.15, -0.1) is 0 Å². The molecule has 2 N–H and O–H groups in total. The molecule has 0 bridgehead atoms. The molecule has 1 rings (SSSR count). The lowest BCUT2D eigenvalue weighted by atomic mass is 9.87. The molecule has 4 heteroatoms. The van der Waals surface area contributed by atoms with Crippen LogP contribution in [0.4, 0.5) is 4.79 Å². The molecule has 0 heterocycles. The normalized spacial score (nSPS) is 11.1. The van der Waals surface area contributed by atoms with E-state index < -0.39 is 6.09 Å². The van der Waals surface area contributed by atoms with E-state index in [0.29, 0.717) is 12.3 Å². The zero-order valence-electron chi connectivity index (χ0n) is 11.5. The van der Waals surface area contributed by atoms with Gasteiger partial charge in [0.25, 0.3) is 0 Å². The second-order valence-corrected chi connectivity index (χ2v) is 5.20.